The molecular formula is C19H17FN2O2S2. The quantitative estimate of drug-likeness (QED) is 0.599. The second kappa shape index (κ2) is 8.33. The lowest BCUT2D eigenvalue weighted by Gasteiger charge is -2.12. The van der Waals surface area contributed by atoms with Gasteiger partial charge in [-0.05, 0) is 43.3 Å². The number of carbonyl (C=O) groups is 1. The van der Waals surface area contributed by atoms with Crippen LogP contribution < -0.4 is 10.1 Å². The van der Waals surface area contributed by atoms with Crippen LogP contribution in [0, 0.1) is 5.82 Å². The molecule has 3 rings (SSSR count). The molecule has 0 fully saturated rings. The number of ether oxygens (including phenoxy) is 1. The van der Waals surface area contributed by atoms with Crippen molar-refractivity contribution in [3.8, 4) is 17.0 Å². The Kier molecular flexibility index (Phi) is 5.90. The lowest BCUT2D eigenvalue weighted by molar-refractivity contribution is -0.115. The summed E-state index contributed by atoms with van der Waals surface area (Å²) in [5, 5.41) is 4.87. The Morgan fingerprint density at radius 1 is 1.23 bits per heavy atom. The Bertz CT molecular complexity index is 897. The lowest BCUT2D eigenvalue weighted by atomic mass is 10.2. The summed E-state index contributed by atoms with van der Waals surface area (Å²) < 4.78 is 18.3. The summed E-state index contributed by atoms with van der Waals surface area (Å²) in [5.41, 5.74) is 1.51. The average molecular weight is 388 g/mol. The predicted octanol–water partition coefficient (Wildman–Crippen LogP) is 5.08. The van der Waals surface area contributed by atoms with Crippen LogP contribution in [0.25, 0.3) is 11.3 Å². The number of rotatable bonds is 6. The number of aromatic nitrogens is 1. The van der Waals surface area contributed by atoms with Crippen LogP contribution in [0.3, 0.4) is 0 Å². The van der Waals surface area contributed by atoms with Crippen LogP contribution in [-0.4, -0.2) is 23.3 Å². The van der Waals surface area contributed by atoms with Crippen molar-refractivity contribution in [3.63, 3.8) is 0 Å². The first-order valence-corrected chi connectivity index (χ1v) is 9.65. The second-order valence-corrected chi connectivity index (χ2v) is 7.69. The molecule has 2 aromatic carbocycles. The van der Waals surface area contributed by atoms with Crippen LogP contribution in [0.2, 0.25) is 0 Å². The van der Waals surface area contributed by atoms with Gasteiger partial charge in [0.2, 0.25) is 5.91 Å². The Hall–Kier alpha value is -2.38. The second-order valence-electron chi connectivity index (χ2n) is 5.44. The first-order chi connectivity index (χ1) is 12.6. The number of nitrogens with one attached hydrogen (secondary N) is 1. The van der Waals surface area contributed by atoms with Gasteiger partial charge in [0.05, 0.1) is 22.9 Å². The van der Waals surface area contributed by atoms with Crippen LogP contribution in [-0.2, 0) is 4.79 Å². The maximum atomic E-state index is 13.0. The summed E-state index contributed by atoms with van der Waals surface area (Å²) >= 11 is 2.76. The highest BCUT2D eigenvalue weighted by atomic mass is 32.2. The largest absolute Gasteiger partial charge is 0.496 e. The van der Waals surface area contributed by atoms with Crippen LogP contribution in [0.1, 0.15) is 6.92 Å². The molecule has 3 aromatic rings. The molecule has 4 nitrogen and oxygen atoms in total. The van der Waals surface area contributed by atoms with E-state index in [4.69, 9.17) is 4.74 Å². The number of thiazole rings is 1. The highest BCUT2D eigenvalue weighted by Gasteiger charge is 2.18. The summed E-state index contributed by atoms with van der Waals surface area (Å²) in [6.45, 7) is 1.83. The van der Waals surface area contributed by atoms with Gasteiger partial charge in [-0.15, -0.1) is 23.1 Å². The highest BCUT2D eigenvalue weighted by Crippen LogP contribution is 2.32. The third-order valence-corrected chi connectivity index (χ3v) is 5.53. The standard InChI is InChI=1S/C19H17FN2O2S2/c1-12(26-17-6-4-3-5-16(17)24-2)18(23)22-19-21-15(11-25-19)13-7-9-14(20)10-8-13/h3-12H,1-2H3,(H,21,22,23). The summed E-state index contributed by atoms with van der Waals surface area (Å²) in [7, 11) is 1.61. The Morgan fingerprint density at radius 3 is 2.69 bits per heavy atom. The van der Waals surface area contributed by atoms with Crippen LogP contribution in [0.5, 0.6) is 5.75 Å². The molecule has 0 saturated heterocycles. The first kappa shape index (κ1) is 18.4. The zero-order chi connectivity index (χ0) is 18.5. The van der Waals surface area contributed by atoms with Crippen LogP contribution in [0.4, 0.5) is 9.52 Å². The molecule has 1 aromatic heterocycles. The van der Waals surface area contributed by atoms with Crippen molar-refractivity contribution in [1.82, 2.24) is 4.98 Å². The van der Waals surface area contributed by atoms with E-state index < -0.39 is 0 Å². The van der Waals surface area contributed by atoms with E-state index in [0.717, 1.165) is 16.2 Å². The summed E-state index contributed by atoms with van der Waals surface area (Å²) in [5.74, 6) is 0.311. The van der Waals surface area contributed by atoms with Crippen molar-refractivity contribution in [2.75, 3.05) is 12.4 Å². The van der Waals surface area contributed by atoms with Gasteiger partial charge in [0, 0.05) is 10.9 Å². The number of methoxy groups -OCH3 is 1. The number of hydrogen-bond donors (Lipinski definition) is 1. The van der Waals surface area contributed by atoms with Crippen molar-refractivity contribution >= 4 is 34.1 Å². The van der Waals surface area contributed by atoms with E-state index in [9.17, 15) is 9.18 Å². The Labute approximate surface area is 159 Å². The Morgan fingerprint density at radius 2 is 1.96 bits per heavy atom. The zero-order valence-electron chi connectivity index (χ0n) is 14.2. The molecule has 1 heterocycles. The number of thioether (sulfide) groups is 1. The van der Waals surface area contributed by atoms with Crippen molar-refractivity contribution < 1.29 is 13.9 Å². The van der Waals surface area contributed by atoms with Gasteiger partial charge >= 0.3 is 0 Å². The van der Waals surface area contributed by atoms with Gasteiger partial charge in [-0.25, -0.2) is 9.37 Å². The molecule has 0 aliphatic rings. The summed E-state index contributed by atoms with van der Waals surface area (Å²) in [6, 6.07) is 13.7. The van der Waals surface area contributed by atoms with Crippen LogP contribution >= 0.6 is 23.1 Å². The zero-order valence-corrected chi connectivity index (χ0v) is 15.9. The number of halogens is 1. The fraction of sp³-hybridized carbons (Fsp3) is 0.158. The summed E-state index contributed by atoms with van der Waals surface area (Å²) in [4.78, 5) is 17.8. The monoisotopic (exact) mass is 388 g/mol. The van der Waals surface area contributed by atoms with E-state index in [1.165, 1.54) is 35.2 Å². The van der Waals surface area contributed by atoms with E-state index in [2.05, 4.69) is 10.3 Å². The molecule has 0 aliphatic carbocycles. The minimum Gasteiger partial charge on any atom is -0.496 e. The van der Waals surface area contributed by atoms with E-state index in [1.807, 2.05) is 36.6 Å². The Balaban J connectivity index is 1.65. The van der Waals surface area contributed by atoms with Gasteiger partial charge < -0.3 is 10.1 Å². The maximum absolute atomic E-state index is 13.0. The number of amides is 1. The van der Waals surface area contributed by atoms with E-state index in [-0.39, 0.29) is 17.0 Å². The third-order valence-electron chi connectivity index (χ3n) is 3.62. The molecule has 26 heavy (non-hydrogen) atoms. The predicted molar refractivity (Wildman–Crippen MR) is 104 cm³/mol. The molecule has 1 amide bonds. The van der Waals surface area contributed by atoms with Crippen molar-refractivity contribution in [1.29, 1.82) is 0 Å². The van der Waals surface area contributed by atoms with E-state index in [0.29, 0.717) is 10.8 Å². The molecule has 1 unspecified atom stereocenters. The molecular weight excluding hydrogens is 371 g/mol. The topological polar surface area (TPSA) is 51.2 Å². The number of anilines is 1. The minimum atomic E-state index is -0.315. The molecule has 0 saturated carbocycles. The molecule has 134 valence electrons. The number of para-hydroxylation sites is 1. The molecule has 0 spiro atoms. The van der Waals surface area contributed by atoms with Crippen LogP contribution in [0.15, 0.2) is 58.8 Å². The number of hydrogen-bond acceptors (Lipinski definition) is 5. The van der Waals surface area contributed by atoms with Crippen molar-refractivity contribution in [2.24, 2.45) is 0 Å². The summed E-state index contributed by atoms with van der Waals surface area (Å²) in [6.07, 6.45) is 0. The first-order valence-electron chi connectivity index (χ1n) is 7.89. The van der Waals surface area contributed by atoms with Gasteiger partial charge in [0.1, 0.15) is 11.6 Å². The van der Waals surface area contributed by atoms with E-state index in [1.54, 1.807) is 19.2 Å². The van der Waals surface area contributed by atoms with Gasteiger partial charge in [0.25, 0.3) is 0 Å². The molecule has 0 aliphatic heterocycles. The number of nitrogens with zero attached hydrogens (tertiary/aromatic N) is 1. The molecule has 1 atom stereocenters. The van der Waals surface area contributed by atoms with Gasteiger partial charge in [-0.3, -0.25) is 4.79 Å². The SMILES string of the molecule is COc1ccccc1SC(C)C(=O)Nc1nc(-c2ccc(F)cc2)cs1. The number of benzene rings is 2. The normalized spacial score (nSPS) is 11.8. The van der Waals surface area contributed by atoms with E-state index >= 15 is 0 Å². The fourth-order valence-corrected chi connectivity index (χ4v) is 3.95. The molecule has 0 radical (unpaired) electrons. The fourth-order valence-electron chi connectivity index (χ4n) is 2.25. The number of carbonyl (C=O) groups excluding carboxylic acids is 1. The molecule has 1 N–H and O–H groups in total. The molecule has 0 bridgehead atoms. The third kappa shape index (κ3) is 4.42. The van der Waals surface area contributed by atoms with Crippen molar-refractivity contribution in [2.45, 2.75) is 17.1 Å². The average Bonchev–Trinajstić information content (AvgIpc) is 3.11. The van der Waals surface area contributed by atoms with Gasteiger partial charge in [-0.2, -0.15) is 0 Å². The smallest absolute Gasteiger partial charge is 0.239 e. The van der Waals surface area contributed by atoms with Crippen molar-refractivity contribution in [3.05, 3.63) is 59.7 Å². The highest BCUT2D eigenvalue weighted by molar-refractivity contribution is 8.00. The molecule has 7 heteroatoms. The maximum Gasteiger partial charge on any atom is 0.239 e. The lowest BCUT2D eigenvalue weighted by Crippen LogP contribution is -2.22. The van der Waals surface area contributed by atoms with Gasteiger partial charge in [-0.1, -0.05) is 12.1 Å². The van der Waals surface area contributed by atoms with Gasteiger partial charge in [0.15, 0.2) is 5.13 Å². The minimum absolute atomic E-state index is 0.138.